The Bertz CT molecular complexity index is 760. The minimum Gasteiger partial charge on any atom is -0.495 e. The average molecular weight is 393 g/mol. The van der Waals surface area contributed by atoms with Crippen LogP contribution in [0, 0.1) is 17.3 Å². The highest BCUT2D eigenvalue weighted by Crippen LogP contribution is 2.62. The Morgan fingerprint density at radius 1 is 1.22 bits per heavy atom. The molecule has 27 heavy (non-hydrogen) atoms. The summed E-state index contributed by atoms with van der Waals surface area (Å²) >= 11 is 6.04. The predicted octanol–water partition coefficient (Wildman–Crippen LogP) is 3.80. The number of rotatable bonds is 6. The number of Topliss-reactive ketones (excluding diaryl/α,β-unsaturated/α-hetero) is 1. The molecule has 0 heterocycles. The van der Waals surface area contributed by atoms with Crippen LogP contribution in [0.2, 0.25) is 5.02 Å². The van der Waals surface area contributed by atoms with Gasteiger partial charge in [0.05, 0.1) is 24.2 Å². The fourth-order valence-corrected chi connectivity index (χ4v) is 6.29. The van der Waals surface area contributed by atoms with Crippen molar-refractivity contribution in [3.63, 3.8) is 0 Å². The highest BCUT2D eigenvalue weighted by Gasteiger charge is 2.57. The summed E-state index contributed by atoms with van der Waals surface area (Å²) in [6, 6.07) is 4.74. The Kier molecular flexibility index (Phi) is 4.71. The lowest BCUT2D eigenvalue weighted by Gasteiger charge is -2.60. The first-order chi connectivity index (χ1) is 12.8. The smallest absolute Gasteiger partial charge is 0.306 e. The fourth-order valence-electron chi connectivity index (χ4n) is 6.04. The van der Waals surface area contributed by atoms with Crippen molar-refractivity contribution in [1.82, 2.24) is 0 Å². The Labute approximate surface area is 164 Å². The van der Waals surface area contributed by atoms with E-state index in [1.165, 1.54) is 19.6 Å². The number of halogens is 1. The summed E-state index contributed by atoms with van der Waals surface area (Å²) in [7, 11) is 1.51. The second-order valence-corrected chi connectivity index (χ2v) is 9.20. The van der Waals surface area contributed by atoms with E-state index < -0.39 is 5.60 Å². The minimum atomic E-state index is -0.597. The number of benzene rings is 1. The highest BCUT2D eigenvalue weighted by atomic mass is 35.5. The number of ketones is 1. The van der Waals surface area contributed by atoms with Crippen molar-refractivity contribution in [2.45, 2.75) is 50.5 Å². The molecule has 5 nitrogen and oxygen atoms in total. The molecule has 0 aliphatic heterocycles. The maximum absolute atomic E-state index is 12.4. The summed E-state index contributed by atoms with van der Waals surface area (Å²) in [5.41, 5.74) is -0.361. The zero-order valence-corrected chi connectivity index (χ0v) is 16.3. The lowest BCUT2D eigenvalue weighted by atomic mass is 9.47. The van der Waals surface area contributed by atoms with Crippen LogP contribution in [0.4, 0.5) is 0 Å². The van der Waals surface area contributed by atoms with Gasteiger partial charge in [-0.15, -0.1) is 0 Å². The second-order valence-electron chi connectivity index (χ2n) is 8.80. The lowest BCUT2D eigenvalue weighted by molar-refractivity contribution is -0.176. The Morgan fingerprint density at radius 3 is 2.52 bits per heavy atom. The maximum Gasteiger partial charge on any atom is 0.306 e. The number of ether oxygens (including phenoxy) is 2. The molecule has 146 valence electrons. The van der Waals surface area contributed by atoms with E-state index >= 15 is 0 Å². The van der Waals surface area contributed by atoms with E-state index in [4.69, 9.17) is 21.1 Å². The van der Waals surface area contributed by atoms with Crippen molar-refractivity contribution in [1.29, 1.82) is 0 Å². The SMILES string of the molecule is COc1ccc(C(=O)COC(=O)CC23C[C@@H]4C[C@@H](CC(O)(C4)C2)C3)cc1Cl. The third-order valence-electron chi connectivity index (χ3n) is 6.51. The van der Waals surface area contributed by atoms with Gasteiger partial charge in [-0.1, -0.05) is 11.6 Å². The molecular formula is C21H25ClO5. The highest BCUT2D eigenvalue weighted by molar-refractivity contribution is 6.32. The number of esters is 1. The molecule has 4 saturated carbocycles. The number of methoxy groups -OCH3 is 1. The molecule has 0 saturated heterocycles. The van der Waals surface area contributed by atoms with Crippen LogP contribution in [-0.4, -0.2) is 36.2 Å². The minimum absolute atomic E-state index is 0.150. The number of hydrogen-bond acceptors (Lipinski definition) is 5. The van der Waals surface area contributed by atoms with Crippen molar-refractivity contribution < 1.29 is 24.2 Å². The molecule has 0 aromatic heterocycles. The van der Waals surface area contributed by atoms with Crippen molar-refractivity contribution >= 4 is 23.4 Å². The van der Waals surface area contributed by atoms with E-state index in [-0.39, 0.29) is 23.8 Å². The zero-order chi connectivity index (χ0) is 19.2. The molecule has 1 aromatic rings. The van der Waals surface area contributed by atoms with Gasteiger partial charge in [0.25, 0.3) is 0 Å². The normalized spacial score (nSPS) is 33.7. The molecular weight excluding hydrogens is 368 g/mol. The number of aliphatic hydroxyl groups is 1. The van der Waals surface area contributed by atoms with E-state index in [1.54, 1.807) is 12.1 Å². The number of carbonyl (C=O) groups is 2. The average Bonchev–Trinajstić information content (AvgIpc) is 2.57. The number of hydrogen-bond donors (Lipinski definition) is 1. The van der Waals surface area contributed by atoms with Crippen molar-refractivity contribution in [2.75, 3.05) is 13.7 Å². The summed E-state index contributed by atoms with van der Waals surface area (Å²) in [4.78, 5) is 24.7. The van der Waals surface area contributed by atoms with E-state index in [0.29, 0.717) is 41.0 Å². The van der Waals surface area contributed by atoms with E-state index in [2.05, 4.69) is 0 Å². The summed E-state index contributed by atoms with van der Waals surface area (Å²) in [5, 5.41) is 11.1. The van der Waals surface area contributed by atoms with Gasteiger partial charge in [-0.05, 0) is 74.0 Å². The molecule has 0 spiro atoms. The van der Waals surface area contributed by atoms with Crippen LogP contribution in [0.5, 0.6) is 5.75 Å². The summed E-state index contributed by atoms with van der Waals surface area (Å²) in [6.07, 6.45) is 5.87. The zero-order valence-electron chi connectivity index (χ0n) is 15.5. The Hall–Kier alpha value is -1.59. The molecule has 4 aliphatic carbocycles. The molecule has 1 aromatic carbocycles. The van der Waals surface area contributed by atoms with Crippen LogP contribution < -0.4 is 4.74 Å². The largest absolute Gasteiger partial charge is 0.495 e. The Balaban J connectivity index is 1.35. The van der Waals surface area contributed by atoms with Gasteiger partial charge in [0.1, 0.15) is 5.75 Å². The maximum atomic E-state index is 12.4. The van der Waals surface area contributed by atoms with E-state index in [1.807, 2.05) is 0 Å². The van der Waals surface area contributed by atoms with Gasteiger partial charge in [-0.3, -0.25) is 9.59 Å². The van der Waals surface area contributed by atoms with Gasteiger partial charge in [-0.25, -0.2) is 0 Å². The van der Waals surface area contributed by atoms with Crippen molar-refractivity contribution in [3.05, 3.63) is 28.8 Å². The molecule has 0 amide bonds. The Morgan fingerprint density at radius 2 is 1.93 bits per heavy atom. The molecule has 1 N–H and O–H groups in total. The fraction of sp³-hybridized carbons (Fsp3) is 0.619. The van der Waals surface area contributed by atoms with Crippen LogP contribution in [0.3, 0.4) is 0 Å². The molecule has 4 aliphatic rings. The standard InChI is InChI=1S/C21H25ClO5/c1-26-18-3-2-15(5-16(18)22)17(23)11-27-19(24)10-20-6-13-4-14(7-20)9-21(25,8-13)12-20/h2-3,5,13-14,25H,4,6-12H2,1H3/t13-,14+,20?,21?. The topological polar surface area (TPSA) is 72.8 Å². The lowest BCUT2D eigenvalue weighted by Crippen LogP contribution is -2.56. The van der Waals surface area contributed by atoms with Crippen LogP contribution in [0.25, 0.3) is 0 Å². The third kappa shape index (κ3) is 3.72. The molecule has 5 rings (SSSR count). The second kappa shape index (κ2) is 6.78. The first-order valence-electron chi connectivity index (χ1n) is 9.55. The van der Waals surface area contributed by atoms with Crippen molar-refractivity contribution in [2.24, 2.45) is 17.3 Å². The van der Waals surface area contributed by atoms with Crippen molar-refractivity contribution in [3.8, 4) is 5.75 Å². The summed E-state index contributed by atoms with van der Waals surface area (Å²) in [6.45, 7) is -0.297. The first-order valence-corrected chi connectivity index (χ1v) is 9.92. The van der Waals surface area contributed by atoms with Crippen LogP contribution >= 0.6 is 11.6 Å². The van der Waals surface area contributed by atoms with Gasteiger partial charge in [0, 0.05) is 5.56 Å². The van der Waals surface area contributed by atoms with Crippen LogP contribution in [0.1, 0.15) is 55.3 Å². The van der Waals surface area contributed by atoms with Gasteiger partial charge in [0.2, 0.25) is 0 Å². The molecule has 0 radical (unpaired) electrons. The predicted molar refractivity (Wildman–Crippen MR) is 100.0 cm³/mol. The van der Waals surface area contributed by atoms with Crippen LogP contribution in [0.15, 0.2) is 18.2 Å². The van der Waals surface area contributed by atoms with Crippen LogP contribution in [-0.2, 0) is 9.53 Å². The third-order valence-corrected chi connectivity index (χ3v) is 6.80. The molecule has 4 atom stereocenters. The molecule has 4 bridgehead atoms. The number of carbonyl (C=O) groups excluding carboxylic acids is 2. The van der Waals surface area contributed by atoms with Gasteiger partial charge in [0.15, 0.2) is 12.4 Å². The summed E-state index contributed by atoms with van der Waals surface area (Å²) < 4.78 is 10.4. The molecule has 4 fully saturated rings. The van der Waals surface area contributed by atoms with Gasteiger partial charge in [-0.2, -0.15) is 0 Å². The molecule has 6 heteroatoms. The van der Waals surface area contributed by atoms with E-state index in [9.17, 15) is 14.7 Å². The van der Waals surface area contributed by atoms with Gasteiger partial charge >= 0.3 is 5.97 Å². The monoisotopic (exact) mass is 392 g/mol. The summed E-state index contributed by atoms with van der Waals surface area (Å²) in [5.74, 6) is 0.884. The first kappa shape index (κ1) is 18.8. The molecule has 2 unspecified atom stereocenters. The van der Waals surface area contributed by atoms with Gasteiger partial charge < -0.3 is 14.6 Å². The quantitative estimate of drug-likeness (QED) is 0.589. The van der Waals surface area contributed by atoms with E-state index in [0.717, 1.165) is 25.7 Å².